The van der Waals surface area contributed by atoms with E-state index in [0.29, 0.717) is 37.1 Å². The van der Waals surface area contributed by atoms with Crippen molar-refractivity contribution >= 4 is 28.2 Å². The minimum Gasteiger partial charge on any atom is -0.356 e. The Morgan fingerprint density at radius 1 is 1.31 bits per heavy atom. The molecule has 2 heterocycles. The van der Waals surface area contributed by atoms with E-state index in [9.17, 15) is 36.0 Å². The lowest BCUT2D eigenvalue weighted by molar-refractivity contribution is -0.132. The molecule has 2 aliphatic heterocycles. The van der Waals surface area contributed by atoms with E-state index in [1.165, 1.54) is 0 Å². The molecule has 3 amide bonds. The third-order valence-electron chi connectivity index (χ3n) is 6.59. The van der Waals surface area contributed by atoms with E-state index in [-0.39, 0.29) is 17.2 Å². The van der Waals surface area contributed by atoms with Gasteiger partial charge in [0.05, 0.1) is 6.07 Å². The minimum absolute atomic E-state index is 0.0204. The number of halogens is 3. The molecular weight excluding hydrogens is 503 g/mol. The van der Waals surface area contributed by atoms with E-state index in [2.05, 4.69) is 55.3 Å². The van der Waals surface area contributed by atoms with Gasteiger partial charge in [-0.3, -0.25) is 14.4 Å². The summed E-state index contributed by atoms with van der Waals surface area (Å²) in [6.07, 6.45) is 2.33. The van der Waals surface area contributed by atoms with E-state index >= 15 is 0 Å². The molecule has 3 rings (SSSR count). The molecule has 14 heteroatoms. The van der Waals surface area contributed by atoms with Crippen molar-refractivity contribution in [1.29, 1.82) is 5.26 Å². The molecule has 0 aromatic heterocycles. The SMILES string of the molecule is CC(C)(C)CC(=O)N1CC2[C@H](C1)C2(C)C.N#C[C@H](C[C@@H]1CCNC1=O)NC=O.NS(=O)(=O)C(F)(F)F. The molecular formula is C22H36F3N5O5S. The Morgan fingerprint density at radius 2 is 1.81 bits per heavy atom. The second kappa shape index (κ2) is 11.8. The number of carbonyl (C=O) groups excluding carboxylic acids is 3. The molecule has 3 fully saturated rings. The Hall–Kier alpha value is -2.40. The van der Waals surface area contributed by atoms with Crippen molar-refractivity contribution in [1.82, 2.24) is 15.5 Å². The Balaban J connectivity index is 0.000000284. The number of likely N-dealkylation sites (tertiary alicyclic amines) is 1. The molecule has 4 atom stereocenters. The molecule has 0 spiro atoms. The summed E-state index contributed by atoms with van der Waals surface area (Å²) in [7, 11) is -5.34. The third-order valence-corrected chi connectivity index (χ3v) is 7.23. The van der Waals surface area contributed by atoms with E-state index in [0.717, 1.165) is 31.3 Å². The van der Waals surface area contributed by atoms with Gasteiger partial charge in [0.1, 0.15) is 6.04 Å². The predicted octanol–water partition coefficient (Wildman–Crippen LogP) is 1.48. The molecule has 0 aromatic rings. The highest BCUT2D eigenvalue weighted by Crippen LogP contribution is 2.62. The minimum atomic E-state index is -5.34. The first-order valence-electron chi connectivity index (χ1n) is 11.5. The monoisotopic (exact) mass is 539 g/mol. The summed E-state index contributed by atoms with van der Waals surface area (Å²) in [6.45, 7) is 13.7. The second-order valence-electron chi connectivity index (χ2n) is 11.0. The van der Waals surface area contributed by atoms with Gasteiger partial charge in [-0.15, -0.1) is 0 Å². The number of hydrogen-bond acceptors (Lipinski definition) is 6. The van der Waals surface area contributed by atoms with Gasteiger partial charge in [0.15, 0.2) is 0 Å². The standard InChI is InChI=1S/C13H23NO.C8H11N3O2.CH2F3NO2S/c1-12(2,3)6-11(15)14-7-9-10(8-14)13(9,4)5;9-4-7(11-5-12)3-6-1-2-10-8(6)13;2-1(3,4)8(5,6)7/h9-10H,6-8H2,1-5H3;5-7H,1-3H2,(H,10,13)(H,11,12);(H2,5,6,7)/t9-,10?;6-,7-;/m00./s1. The topological polar surface area (TPSA) is 162 Å². The van der Waals surface area contributed by atoms with Crippen molar-refractivity contribution in [3.63, 3.8) is 0 Å². The molecule has 206 valence electrons. The van der Waals surface area contributed by atoms with Gasteiger partial charge in [0, 0.05) is 32.0 Å². The van der Waals surface area contributed by atoms with E-state index in [1.807, 2.05) is 6.07 Å². The van der Waals surface area contributed by atoms with Gasteiger partial charge >= 0.3 is 15.5 Å². The van der Waals surface area contributed by atoms with Crippen molar-refractivity contribution < 1.29 is 36.0 Å². The fourth-order valence-corrected chi connectivity index (χ4v) is 4.30. The van der Waals surface area contributed by atoms with Gasteiger partial charge in [-0.25, -0.2) is 13.6 Å². The van der Waals surface area contributed by atoms with Crippen LogP contribution in [0, 0.1) is 39.9 Å². The first-order chi connectivity index (χ1) is 16.2. The summed E-state index contributed by atoms with van der Waals surface area (Å²) < 4.78 is 51.2. The summed E-state index contributed by atoms with van der Waals surface area (Å²) in [4.78, 5) is 35.2. The Kier molecular flexibility index (Phi) is 10.3. The average Bonchev–Trinajstić information content (AvgIpc) is 3.12. The zero-order valence-electron chi connectivity index (χ0n) is 21.2. The lowest BCUT2D eigenvalue weighted by Gasteiger charge is -2.26. The fraction of sp³-hybridized carbons (Fsp3) is 0.818. The van der Waals surface area contributed by atoms with Crippen molar-refractivity contribution in [2.45, 2.75) is 65.4 Å². The number of carbonyl (C=O) groups is 3. The molecule has 3 aliphatic rings. The van der Waals surface area contributed by atoms with Crippen molar-refractivity contribution in [3.05, 3.63) is 0 Å². The lowest BCUT2D eigenvalue weighted by atomic mass is 9.91. The van der Waals surface area contributed by atoms with Gasteiger partial charge in [0.25, 0.3) is 0 Å². The first-order valence-corrected chi connectivity index (χ1v) is 13.0. The van der Waals surface area contributed by atoms with E-state index in [4.69, 9.17) is 5.26 Å². The Bertz CT molecular complexity index is 943. The van der Waals surface area contributed by atoms with Crippen LogP contribution >= 0.6 is 0 Å². The van der Waals surface area contributed by atoms with Crippen LogP contribution in [0.1, 0.15) is 53.9 Å². The molecule has 0 radical (unpaired) electrons. The van der Waals surface area contributed by atoms with Crippen LogP contribution in [0.5, 0.6) is 0 Å². The summed E-state index contributed by atoms with van der Waals surface area (Å²) in [6, 6.07) is 1.38. The maximum atomic E-state index is 12.0. The van der Waals surface area contributed by atoms with Crippen molar-refractivity contribution in [3.8, 4) is 6.07 Å². The molecule has 10 nitrogen and oxygen atoms in total. The Morgan fingerprint density at radius 3 is 2.14 bits per heavy atom. The highest BCUT2D eigenvalue weighted by atomic mass is 32.2. The smallest absolute Gasteiger partial charge is 0.356 e. The van der Waals surface area contributed by atoms with Crippen LogP contribution in [0.4, 0.5) is 13.2 Å². The zero-order chi connectivity index (χ0) is 28.1. The predicted molar refractivity (Wildman–Crippen MR) is 125 cm³/mol. The van der Waals surface area contributed by atoms with Crippen LogP contribution in [-0.4, -0.2) is 62.7 Å². The van der Waals surface area contributed by atoms with Crippen LogP contribution in [-0.2, 0) is 24.4 Å². The van der Waals surface area contributed by atoms with Gasteiger partial charge in [0.2, 0.25) is 18.2 Å². The zero-order valence-corrected chi connectivity index (χ0v) is 22.0. The number of nitrogens with one attached hydrogen (secondary N) is 2. The molecule has 2 saturated heterocycles. The molecule has 36 heavy (non-hydrogen) atoms. The molecule has 1 unspecified atom stereocenters. The Labute approximate surface area is 210 Å². The molecule has 1 aliphatic carbocycles. The summed E-state index contributed by atoms with van der Waals surface area (Å²) in [5.41, 5.74) is -4.68. The molecule has 4 N–H and O–H groups in total. The number of nitrogens with zero attached hydrogens (tertiary/aromatic N) is 2. The van der Waals surface area contributed by atoms with Crippen molar-refractivity contribution in [2.75, 3.05) is 19.6 Å². The normalized spacial score (nSPS) is 25.1. The first kappa shape index (κ1) is 31.6. The van der Waals surface area contributed by atoms with Crippen LogP contribution in [0.15, 0.2) is 0 Å². The summed E-state index contributed by atoms with van der Waals surface area (Å²) in [5.74, 6) is 1.76. The molecule has 1 saturated carbocycles. The highest BCUT2D eigenvalue weighted by molar-refractivity contribution is 7.90. The van der Waals surface area contributed by atoms with E-state index in [1.54, 1.807) is 0 Å². The van der Waals surface area contributed by atoms with Crippen LogP contribution in [0.3, 0.4) is 0 Å². The number of rotatable bonds is 5. The largest absolute Gasteiger partial charge is 0.511 e. The maximum absolute atomic E-state index is 12.0. The van der Waals surface area contributed by atoms with E-state index < -0.39 is 21.6 Å². The molecule has 0 bridgehead atoms. The number of primary sulfonamides is 1. The number of nitrogens with two attached hydrogens (primary N) is 1. The number of sulfonamides is 1. The maximum Gasteiger partial charge on any atom is 0.511 e. The highest BCUT2D eigenvalue weighted by Gasteiger charge is 2.62. The molecule has 0 aromatic carbocycles. The number of amides is 3. The lowest BCUT2D eigenvalue weighted by Crippen LogP contribution is -2.35. The number of nitriles is 1. The number of piperidine rings is 1. The van der Waals surface area contributed by atoms with Gasteiger partial charge in [-0.05, 0) is 35.5 Å². The van der Waals surface area contributed by atoms with Crippen LogP contribution in [0.2, 0.25) is 0 Å². The van der Waals surface area contributed by atoms with Crippen LogP contribution in [0.25, 0.3) is 0 Å². The summed E-state index contributed by atoms with van der Waals surface area (Å²) in [5, 5.41) is 17.3. The second-order valence-corrected chi connectivity index (χ2v) is 12.6. The summed E-state index contributed by atoms with van der Waals surface area (Å²) >= 11 is 0. The third kappa shape index (κ3) is 9.24. The quantitative estimate of drug-likeness (QED) is 0.448. The average molecular weight is 540 g/mol. The number of fused-ring (bicyclic) bond motifs is 1. The van der Waals surface area contributed by atoms with Crippen molar-refractivity contribution in [2.24, 2.45) is 33.7 Å². The van der Waals surface area contributed by atoms with Gasteiger partial charge in [-0.1, -0.05) is 34.6 Å². The van der Waals surface area contributed by atoms with Gasteiger partial charge < -0.3 is 15.5 Å². The van der Waals surface area contributed by atoms with Crippen LogP contribution < -0.4 is 15.8 Å². The van der Waals surface area contributed by atoms with Gasteiger partial charge in [-0.2, -0.15) is 18.4 Å². The number of alkyl halides is 3. The fourth-order valence-electron chi connectivity index (χ4n) is 4.30. The number of hydrogen-bond donors (Lipinski definition) is 3.